The van der Waals surface area contributed by atoms with Crippen molar-refractivity contribution in [2.45, 2.75) is 31.7 Å². The first-order valence-electron chi connectivity index (χ1n) is 12.1. The minimum Gasteiger partial charge on any atom is -0.481 e. The monoisotopic (exact) mass is 559 g/mol. The molecule has 0 atom stereocenters. The number of sulfone groups is 1. The normalized spacial score (nSPS) is 16.9. The molecule has 3 aromatic rings. The summed E-state index contributed by atoms with van der Waals surface area (Å²) in [7, 11) is -0.0412. The Morgan fingerprint density at radius 2 is 2.08 bits per heavy atom. The van der Waals surface area contributed by atoms with Crippen molar-refractivity contribution in [2.24, 2.45) is 5.73 Å². The number of thiophene rings is 1. The number of aromatic amines is 1. The molecule has 0 saturated heterocycles. The van der Waals surface area contributed by atoms with Crippen LogP contribution in [-0.2, 0) is 51.0 Å². The van der Waals surface area contributed by atoms with Gasteiger partial charge in [0.05, 0.1) is 30.6 Å². The van der Waals surface area contributed by atoms with E-state index in [0.717, 1.165) is 46.7 Å². The highest BCUT2D eigenvalue weighted by atomic mass is 32.2. The lowest BCUT2D eigenvalue weighted by Crippen LogP contribution is -2.34. The second-order valence-corrected chi connectivity index (χ2v) is 12.6. The Bertz CT molecular complexity index is 1610. The van der Waals surface area contributed by atoms with Crippen molar-refractivity contribution in [3.63, 3.8) is 0 Å². The van der Waals surface area contributed by atoms with Crippen molar-refractivity contribution in [1.82, 2.24) is 20.2 Å². The summed E-state index contributed by atoms with van der Waals surface area (Å²) in [5.41, 5.74) is 10.4. The van der Waals surface area contributed by atoms with Gasteiger partial charge in [-0.05, 0) is 35.1 Å². The molecule has 13 heteroatoms. The van der Waals surface area contributed by atoms with E-state index in [9.17, 15) is 18.0 Å². The number of hydrogen-bond acceptors (Lipinski definition) is 10. The van der Waals surface area contributed by atoms with E-state index >= 15 is 0 Å². The highest BCUT2D eigenvalue weighted by Gasteiger charge is 2.28. The number of benzene rings is 1. The molecule has 2 aromatic heterocycles. The average Bonchev–Trinajstić information content (AvgIpc) is 3.26. The maximum Gasteiger partial charge on any atom is 0.287 e. The van der Waals surface area contributed by atoms with Crippen LogP contribution in [-0.4, -0.2) is 62.3 Å². The van der Waals surface area contributed by atoms with Gasteiger partial charge in [-0.15, -0.1) is 11.3 Å². The number of aryl methyl sites for hydroxylation is 1. The van der Waals surface area contributed by atoms with E-state index < -0.39 is 21.3 Å². The van der Waals surface area contributed by atoms with Crippen LogP contribution in [0.3, 0.4) is 0 Å². The summed E-state index contributed by atoms with van der Waals surface area (Å²) >= 11 is 1.16. The molecule has 0 radical (unpaired) electrons. The zero-order valence-corrected chi connectivity index (χ0v) is 22.8. The molecular formula is C25H29N5O6S2. The van der Waals surface area contributed by atoms with E-state index in [1.165, 1.54) is 12.7 Å². The molecule has 2 aliphatic rings. The number of carbonyl (C=O) groups excluding carboxylic acids is 1. The molecule has 0 fully saturated rings. The molecule has 202 valence electrons. The summed E-state index contributed by atoms with van der Waals surface area (Å²) in [4.78, 5) is 35.7. The summed E-state index contributed by atoms with van der Waals surface area (Å²) < 4.78 is 34.5. The number of rotatable bonds is 7. The molecular weight excluding hydrogens is 530 g/mol. The van der Waals surface area contributed by atoms with Gasteiger partial charge in [0.15, 0.2) is 9.84 Å². The van der Waals surface area contributed by atoms with Gasteiger partial charge in [-0.3, -0.25) is 9.59 Å². The van der Waals surface area contributed by atoms with Crippen LogP contribution < -0.4 is 16.6 Å². The first-order chi connectivity index (χ1) is 18.2. The smallest absolute Gasteiger partial charge is 0.287 e. The Labute approximate surface area is 223 Å². The lowest BCUT2D eigenvalue weighted by molar-refractivity contribution is 0.0940. The van der Waals surface area contributed by atoms with Gasteiger partial charge in [-0.25, -0.2) is 13.4 Å². The van der Waals surface area contributed by atoms with E-state index in [4.69, 9.17) is 15.2 Å². The van der Waals surface area contributed by atoms with Gasteiger partial charge in [-0.2, -0.15) is 0 Å². The van der Waals surface area contributed by atoms with Gasteiger partial charge in [0, 0.05) is 31.6 Å². The largest absolute Gasteiger partial charge is 0.481 e. The fourth-order valence-corrected chi connectivity index (χ4v) is 7.94. The summed E-state index contributed by atoms with van der Waals surface area (Å²) in [6.45, 7) is 1.99. The molecule has 2 aliphatic heterocycles. The Hall–Kier alpha value is -3.42. The highest BCUT2D eigenvalue weighted by molar-refractivity contribution is 7.90. The van der Waals surface area contributed by atoms with Crippen LogP contribution >= 0.6 is 11.3 Å². The molecule has 1 amide bonds. The maximum absolute atomic E-state index is 12.9. The number of aromatic nitrogens is 2. The molecule has 4 N–H and O–H groups in total. The summed E-state index contributed by atoms with van der Waals surface area (Å²) in [6, 6.07) is 6.07. The summed E-state index contributed by atoms with van der Waals surface area (Å²) in [6.07, 6.45) is 1.12. The number of amides is 1. The van der Waals surface area contributed by atoms with Gasteiger partial charge < -0.3 is 30.4 Å². The third-order valence-electron chi connectivity index (χ3n) is 6.88. The van der Waals surface area contributed by atoms with Crippen LogP contribution in [0.1, 0.15) is 37.7 Å². The first kappa shape index (κ1) is 26.2. The number of H-pyrrole nitrogens is 1. The van der Waals surface area contributed by atoms with Crippen LogP contribution in [0.2, 0.25) is 0 Å². The molecule has 5 rings (SSSR count). The number of hydrogen-bond donors (Lipinski definition) is 3. The van der Waals surface area contributed by atoms with Crippen molar-refractivity contribution in [3.8, 4) is 0 Å². The fraction of sp³-hybridized carbons (Fsp3) is 0.400. The molecule has 38 heavy (non-hydrogen) atoms. The second-order valence-electron chi connectivity index (χ2n) is 9.35. The van der Waals surface area contributed by atoms with E-state index in [-0.39, 0.29) is 30.3 Å². The van der Waals surface area contributed by atoms with Crippen LogP contribution in [0.4, 0.5) is 0 Å². The zero-order valence-electron chi connectivity index (χ0n) is 21.1. The average molecular weight is 560 g/mol. The number of nitrogens with one attached hydrogen (secondary N) is 2. The second kappa shape index (κ2) is 10.4. The van der Waals surface area contributed by atoms with E-state index in [0.29, 0.717) is 34.1 Å². The molecule has 0 unspecified atom stereocenters. The van der Waals surface area contributed by atoms with Crippen molar-refractivity contribution in [2.75, 3.05) is 33.1 Å². The third-order valence-corrected chi connectivity index (χ3v) is 9.74. The lowest BCUT2D eigenvalue weighted by atomic mass is 9.97. The van der Waals surface area contributed by atoms with Crippen molar-refractivity contribution < 1.29 is 22.7 Å². The SMILES string of the molecule is COC/C(=C(/N)OC)N1CCc2ccc(CNC(=O)c3nc4sc5c(c4c(=O)[nH]3)CCS(=O)(=O)C5)cc2C1. The zero-order chi connectivity index (χ0) is 27.0. The lowest BCUT2D eigenvalue weighted by Gasteiger charge is -2.33. The Kier molecular flexibility index (Phi) is 7.16. The Balaban J connectivity index is 1.31. The number of nitrogens with two attached hydrogens (primary N) is 1. The summed E-state index contributed by atoms with van der Waals surface area (Å²) in [5, 5.41) is 3.21. The van der Waals surface area contributed by atoms with Crippen LogP contribution in [0.25, 0.3) is 10.2 Å². The molecule has 1 aromatic carbocycles. The molecule has 4 heterocycles. The Morgan fingerprint density at radius 1 is 1.26 bits per heavy atom. The number of carbonyl (C=O) groups is 1. The van der Waals surface area contributed by atoms with E-state index in [1.54, 1.807) is 7.11 Å². The number of fused-ring (bicyclic) bond motifs is 4. The summed E-state index contributed by atoms with van der Waals surface area (Å²) in [5.74, 6) is -0.375. The fourth-order valence-electron chi connectivity index (χ4n) is 4.92. The number of ether oxygens (including phenoxy) is 2. The topological polar surface area (TPSA) is 157 Å². The quantitative estimate of drug-likeness (QED) is 0.362. The van der Waals surface area contributed by atoms with Gasteiger partial charge >= 0.3 is 0 Å². The van der Waals surface area contributed by atoms with Crippen molar-refractivity contribution in [3.05, 3.63) is 73.1 Å². The Morgan fingerprint density at radius 3 is 2.84 bits per heavy atom. The van der Waals surface area contributed by atoms with E-state index in [2.05, 4.69) is 26.3 Å². The van der Waals surface area contributed by atoms with E-state index in [1.807, 2.05) is 12.1 Å². The predicted octanol–water partition coefficient (Wildman–Crippen LogP) is 1.16. The minimum absolute atomic E-state index is 0.00972. The van der Waals surface area contributed by atoms with Gasteiger partial charge in [0.25, 0.3) is 11.5 Å². The maximum atomic E-state index is 12.9. The number of nitrogens with zero attached hydrogens (tertiary/aromatic N) is 2. The molecule has 0 bridgehead atoms. The molecule has 0 saturated carbocycles. The first-order valence-corrected chi connectivity index (χ1v) is 14.7. The van der Waals surface area contributed by atoms with Crippen molar-refractivity contribution in [1.29, 1.82) is 0 Å². The molecule has 0 aliphatic carbocycles. The predicted molar refractivity (Wildman–Crippen MR) is 143 cm³/mol. The van der Waals surface area contributed by atoms with Crippen LogP contribution in [0.5, 0.6) is 0 Å². The number of methoxy groups -OCH3 is 2. The highest BCUT2D eigenvalue weighted by Crippen LogP contribution is 2.33. The van der Waals surface area contributed by atoms with Crippen LogP contribution in [0.15, 0.2) is 34.6 Å². The van der Waals surface area contributed by atoms with Crippen LogP contribution in [0, 0.1) is 0 Å². The molecule has 11 nitrogen and oxygen atoms in total. The van der Waals surface area contributed by atoms with Gasteiger partial charge in [-0.1, -0.05) is 18.2 Å². The third kappa shape index (κ3) is 5.13. The minimum atomic E-state index is -3.18. The standard InChI is InChI=1S/C25H29N5O6S2/c1-35-12-18(21(26)36-2)30-7-5-15-4-3-14(9-16(15)11-30)10-27-24(32)22-28-23(31)20-17-6-8-38(33,34)13-19(17)37-25(20)29-22/h3-4,9H,5-8,10-13,26H2,1-2H3,(H,27,32)(H,28,29,31)/b21-18+. The molecule has 0 spiro atoms. The van der Waals surface area contributed by atoms with Crippen molar-refractivity contribution >= 4 is 37.3 Å². The van der Waals surface area contributed by atoms with Gasteiger partial charge in [0.2, 0.25) is 11.7 Å². The van der Waals surface area contributed by atoms with Gasteiger partial charge in [0.1, 0.15) is 10.5 Å².